The van der Waals surface area contributed by atoms with Crippen LogP contribution in [0.3, 0.4) is 0 Å². The van der Waals surface area contributed by atoms with E-state index in [1.807, 2.05) is 0 Å². The Hall–Kier alpha value is 0.230. The van der Waals surface area contributed by atoms with Crippen LogP contribution in [-0.2, 0) is 28.4 Å². The lowest BCUT2D eigenvalue weighted by Gasteiger charge is -2.58. The van der Waals surface area contributed by atoms with Crippen molar-refractivity contribution in [3.63, 3.8) is 0 Å². The average Bonchev–Trinajstić information content (AvgIpc) is 3.39. The zero-order valence-corrected chi connectivity index (χ0v) is 32.4. The molecule has 0 heterocycles. The summed E-state index contributed by atoms with van der Waals surface area (Å²) in [6, 6.07) is 0. The highest BCUT2D eigenvalue weighted by molar-refractivity contribution is 14.1. The highest BCUT2D eigenvalue weighted by atomic mass is 127. The summed E-state index contributed by atoms with van der Waals surface area (Å²) in [6.07, 6.45) is 18.0. The molecule has 268 valence electrons. The Morgan fingerprint density at radius 1 is 0.717 bits per heavy atom. The van der Waals surface area contributed by atoms with E-state index in [0.717, 1.165) is 53.0 Å². The zero-order valence-electron chi connectivity index (χ0n) is 30.2. The van der Waals surface area contributed by atoms with Crippen molar-refractivity contribution in [2.75, 3.05) is 77.1 Å². The molecule has 3 saturated carbocycles. The number of ether oxygens (including phenoxy) is 6. The van der Waals surface area contributed by atoms with Gasteiger partial charge < -0.3 is 28.4 Å². The summed E-state index contributed by atoms with van der Waals surface area (Å²) in [5.41, 5.74) is 2.67. The molecule has 4 aliphatic carbocycles. The van der Waals surface area contributed by atoms with Gasteiger partial charge in [0.15, 0.2) is 0 Å². The zero-order chi connectivity index (χ0) is 32.8. The Bertz CT molecular complexity index is 883. The van der Waals surface area contributed by atoms with E-state index in [9.17, 15) is 0 Å². The molecule has 8 atom stereocenters. The van der Waals surface area contributed by atoms with Crippen LogP contribution in [0.1, 0.15) is 105 Å². The van der Waals surface area contributed by atoms with Crippen molar-refractivity contribution in [2.24, 2.45) is 46.3 Å². The van der Waals surface area contributed by atoms with Crippen LogP contribution in [0.5, 0.6) is 0 Å². The Kier molecular flexibility index (Phi) is 17.1. The van der Waals surface area contributed by atoms with Gasteiger partial charge in [-0.1, -0.05) is 88.1 Å². The molecule has 0 aliphatic heterocycles. The molecular weight excluding hydrogens is 691 g/mol. The quantitative estimate of drug-likeness (QED) is 0.0449. The van der Waals surface area contributed by atoms with Gasteiger partial charge in [0.1, 0.15) is 0 Å². The highest BCUT2D eigenvalue weighted by Gasteiger charge is 2.59. The first-order valence-electron chi connectivity index (χ1n) is 19.1. The van der Waals surface area contributed by atoms with Gasteiger partial charge in [-0.2, -0.15) is 0 Å². The SMILES string of the molecule is CC(C)CCC[C@@H](C)[C@H]1CC[C@H]2[C@@H]3CC=C4C[C@H](OCCOCCOCCOCCOCCOCCI)CC[C@]4(C)[C@H]3CC[C@]12C. The molecule has 7 heteroatoms. The predicted molar refractivity (Wildman–Crippen MR) is 196 cm³/mol. The molecule has 6 nitrogen and oxygen atoms in total. The minimum Gasteiger partial charge on any atom is -0.378 e. The van der Waals surface area contributed by atoms with Gasteiger partial charge in [0.05, 0.1) is 78.8 Å². The molecule has 0 unspecified atom stereocenters. The van der Waals surface area contributed by atoms with Gasteiger partial charge in [-0.25, -0.2) is 0 Å². The molecule has 46 heavy (non-hydrogen) atoms. The Balaban J connectivity index is 1.07. The van der Waals surface area contributed by atoms with Crippen molar-refractivity contribution in [1.29, 1.82) is 0 Å². The fourth-order valence-corrected chi connectivity index (χ4v) is 10.4. The maximum Gasteiger partial charge on any atom is 0.0704 e. The predicted octanol–water partition coefficient (Wildman–Crippen LogP) is 8.93. The summed E-state index contributed by atoms with van der Waals surface area (Å²) in [6.45, 7) is 19.6. The molecule has 0 amide bonds. The molecule has 3 fully saturated rings. The lowest BCUT2D eigenvalue weighted by Crippen LogP contribution is -2.51. The highest BCUT2D eigenvalue weighted by Crippen LogP contribution is 2.67. The third kappa shape index (κ3) is 10.9. The molecule has 0 bridgehead atoms. The van der Waals surface area contributed by atoms with Crippen molar-refractivity contribution < 1.29 is 28.4 Å². The van der Waals surface area contributed by atoms with Crippen LogP contribution >= 0.6 is 22.6 Å². The third-order valence-electron chi connectivity index (χ3n) is 12.6. The minimum atomic E-state index is 0.344. The summed E-state index contributed by atoms with van der Waals surface area (Å²) < 4.78 is 35.2. The van der Waals surface area contributed by atoms with E-state index in [2.05, 4.69) is 63.3 Å². The maximum atomic E-state index is 6.36. The molecule has 0 aromatic heterocycles. The third-order valence-corrected chi connectivity index (χ3v) is 13.0. The fourth-order valence-electron chi connectivity index (χ4n) is 10.1. The molecule has 4 aliphatic rings. The van der Waals surface area contributed by atoms with E-state index in [-0.39, 0.29) is 0 Å². The van der Waals surface area contributed by atoms with E-state index in [0.29, 0.717) is 83.0 Å². The van der Waals surface area contributed by atoms with Gasteiger partial charge in [0.25, 0.3) is 0 Å². The van der Waals surface area contributed by atoms with Crippen LogP contribution < -0.4 is 0 Å². The molecule has 0 radical (unpaired) electrons. The van der Waals surface area contributed by atoms with Gasteiger partial charge in [-0.3, -0.25) is 0 Å². The van der Waals surface area contributed by atoms with E-state index < -0.39 is 0 Å². The lowest BCUT2D eigenvalue weighted by atomic mass is 9.47. The molecular formula is C39H69IO6. The topological polar surface area (TPSA) is 55.4 Å². The lowest BCUT2D eigenvalue weighted by molar-refractivity contribution is -0.0692. The first kappa shape index (κ1) is 39.0. The number of halogens is 1. The van der Waals surface area contributed by atoms with Gasteiger partial charge in [-0.05, 0) is 97.7 Å². The first-order chi connectivity index (χ1) is 22.3. The number of rotatable bonds is 23. The van der Waals surface area contributed by atoms with E-state index in [4.69, 9.17) is 28.4 Å². The van der Waals surface area contributed by atoms with E-state index >= 15 is 0 Å². The largest absolute Gasteiger partial charge is 0.378 e. The fraction of sp³-hybridized carbons (Fsp3) is 0.949. The van der Waals surface area contributed by atoms with Gasteiger partial charge in [0, 0.05) is 4.43 Å². The summed E-state index contributed by atoms with van der Waals surface area (Å²) in [4.78, 5) is 0. The smallest absolute Gasteiger partial charge is 0.0704 e. The van der Waals surface area contributed by atoms with Crippen LogP contribution in [0, 0.1) is 46.3 Å². The number of alkyl halides is 1. The van der Waals surface area contributed by atoms with Crippen molar-refractivity contribution in [1.82, 2.24) is 0 Å². The molecule has 0 saturated heterocycles. The van der Waals surface area contributed by atoms with Crippen molar-refractivity contribution in [2.45, 2.75) is 111 Å². The standard InChI is InChI=1S/C39H69IO6/c1-30(2)7-6-8-31(3)35-11-12-36-34-10-9-32-29-33(13-15-38(32,4)37(34)14-16-39(35,36)5)46-28-27-45-26-25-44-24-23-43-22-21-42-20-19-41-18-17-40/h9,30-31,33-37H,6-8,10-29H2,1-5H3/t31-,33-,34+,35-,36+,37+,38+,39-/m1/s1. The summed E-state index contributed by atoms with van der Waals surface area (Å²) in [5, 5.41) is 0. The van der Waals surface area contributed by atoms with Crippen LogP contribution in [0.15, 0.2) is 11.6 Å². The van der Waals surface area contributed by atoms with E-state index in [1.54, 1.807) is 5.57 Å². The van der Waals surface area contributed by atoms with Gasteiger partial charge in [0.2, 0.25) is 0 Å². The van der Waals surface area contributed by atoms with Crippen LogP contribution in [-0.4, -0.2) is 83.2 Å². The second-order valence-corrected chi connectivity index (χ2v) is 16.9. The Labute approximate surface area is 296 Å². The van der Waals surface area contributed by atoms with Crippen LogP contribution in [0.2, 0.25) is 0 Å². The second-order valence-electron chi connectivity index (χ2n) is 15.8. The number of hydrogen-bond donors (Lipinski definition) is 0. The van der Waals surface area contributed by atoms with Crippen LogP contribution in [0.4, 0.5) is 0 Å². The first-order valence-corrected chi connectivity index (χ1v) is 20.6. The molecule has 4 rings (SSSR count). The monoisotopic (exact) mass is 760 g/mol. The maximum absolute atomic E-state index is 6.36. The Morgan fingerprint density at radius 3 is 1.93 bits per heavy atom. The van der Waals surface area contributed by atoms with Crippen LogP contribution in [0.25, 0.3) is 0 Å². The molecule has 0 N–H and O–H groups in total. The number of fused-ring (bicyclic) bond motifs is 5. The second kappa shape index (κ2) is 20.2. The van der Waals surface area contributed by atoms with Crippen molar-refractivity contribution >= 4 is 22.6 Å². The minimum absolute atomic E-state index is 0.344. The molecule has 0 aromatic carbocycles. The van der Waals surface area contributed by atoms with Crippen molar-refractivity contribution in [3.05, 3.63) is 11.6 Å². The van der Waals surface area contributed by atoms with Crippen molar-refractivity contribution in [3.8, 4) is 0 Å². The van der Waals surface area contributed by atoms with Gasteiger partial charge >= 0.3 is 0 Å². The summed E-state index contributed by atoms with van der Waals surface area (Å²) in [7, 11) is 0. The summed E-state index contributed by atoms with van der Waals surface area (Å²) >= 11 is 2.30. The molecule has 0 aromatic rings. The molecule has 0 spiro atoms. The number of hydrogen-bond acceptors (Lipinski definition) is 6. The van der Waals surface area contributed by atoms with E-state index in [1.165, 1.54) is 64.2 Å². The Morgan fingerprint density at radius 2 is 1.33 bits per heavy atom. The average molecular weight is 761 g/mol. The normalized spacial score (nSPS) is 33.0. The number of allylic oxidation sites excluding steroid dienone is 1. The van der Waals surface area contributed by atoms with Gasteiger partial charge in [-0.15, -0.1) is 0 Å². The summed E-state index contributed by atoms with van der Waals surface area (Å²) in [5.74, 6) is 5.37.